The Hall–Kier alpha value is -2.19. The van der Waals surface area contributed by atoms with E-state index >= 15 is 0 Å². The van der Waals surface area contributed by atoms with Gasteiger partial charge in [-0.15, -0.1) is 11.3 Å². The first-order valence-electron chi connectivity index (χ1n) is 10.6. The first kappa shape index (κ1) is 19.8. The van der Waals surface area contributed by atoms with Crippen molar-refractivity contribution in [1.29, 1.82) is 0 Å². The van der Waals surface area contributed by atoms with Gasteiger partial charge in [0.05, 0.1) is 17.5 Å². The zero-order valence-electron chi connectivity index (χ0n) is 17.2. The van der Waals surface area contributed by atoms with Gasteiger partial charge in [-0.25, -0.2) is 14.2 Å². The van der Waals surface area contributed by atoms with E-state index in [-0.39, 0.29) is 18.1 Å². The van der Waals surface area contributed by atoms with E-state index in [0.717, 1.165) is 42.6 Å². The van der Waals surface area contributed by atoms with Crippen molar-refractivity contribution in [1.82, 2.24) is 10.3 Å². The van der Waals surface area contributed by atoms with Crippen LogP contribution in [0, 0.1) is 5.92 Å². The summed E-state index contributed by atoms with van der Waals surface area (Å²) >= 11 is 1.33. The minimum Gasteiger partial charge on any atom is -0.489 e. The number of amides is 1. The number of alkyl halides is 1. The summed E-state index contributed by atoms with van der Waals surface area (Å²) in [5.74, 6) is 0.882. The Labute approximate surface area is 179 Å². The van der Waals surface area contributed by atoms with Crippen LogP contribution in [0.4, 0.5) is 14.9 Å². The normalized spacial score (nSPS) is 25.2. The first-order chi connectivity index (χ1) is 14.4. The topological polar surface area (TPSA) is 74.7 Å². The van der Waals surface area contributed by atoms with Gasteiger partial charge in [0.1, 0.15) is 10.8 Å². The van der Waals surface area contributed by atoms with Crippen LogP contribution in [-0.4, -0.2) is 41.4 Å². The van der Waals surface area contributed by atoms with Gasteiger partial charge in [0.2, 0.25) is 0 Å². The fraction of sp³-hybridized carbons (Fsp3) is 0.545. The van der Waals surface area contributed by atoms with Gasteiger partial charge >= 0.3 is 6.09 Å². The predicted octanol–water partition coefficient (Wildman–Crippen LogP) is 4.57. The lowest BCUT2D eigenvalue weighted by atomic mass is 9.86. The summed E-state index contributed by atoms with van der Waals surface area (Å²) in [6.07, 6.45) is 3.07. The predicted molar refractivity (Wildman–Crippen MR) is 114 cm³/mol. The van der Waals surface area contributed by atoms with Crippen LogP contribution >= 0.6 is 11.3 Å². The molecular formula is C22H26FN3O3S. The lowest BCUT2D eigenvalue weighted by molar-refractivity contribution is 0.0888. The summed E-state index contributed by atoms with van der Waals surface area (Å²) in [5.41, 5.74) is 1.74. The summed E-state index contributed by atoms with van der Waals surface area (Å²) in [6, 6.07) is 3.62. The van der Waals surface area contributed by atoms with Crippen molar-refractivity contribution < 1.29 is 19.0 Å². The number of hydrogen-bond donors (Lipinski definition) is 2. The Kier molecular flexibility index (Phi) is 4.74. The molecule has 1 unspecified atom stereocenters. The van der Waals surface area contributed by atoms with Gasteiger partial charge in [-0.2, -0.15) is 0 Å². The van der Waals surface area contributed by atoms with Crippen molar-refractivity contribution in [2.75, 3.05) is 18.0 Å². The third-order valence-electron chi connectivity index (χ3n) is 6.77. The number of aromatic nitrogens is 1. The van der Waals surface area contributed by atoms with Crippen molar-refractivity contribution in [2.24, 2.45) is 5.92 Å². The molecule has 6 nitrogen and oxygen atoms in total. The Bertz CT molecular complexity index is 986. The second kappa shape index (κ2) is 7.20. The highest BCUT2D eigenvalue weighted by atomic mass is 32.1. The summed E-state index contributed by atoms with van der Waals surface area (Å²) in [4.78, 5) is 18.1. The maximum absolute atomic E-state index is 14.8. The number of fused-ring (bicyclic) bond motifs is 1. The summed E-state index contributed by atoms with van der Waals surface area (Å²) in [7, 11) is 0. The van der Waals surface area contributed by atoms with Crippen molar-refractivity contribution >= 4 is 23.1 Å². The Morgan fingerprint density at radius 1 is 1.37 bits per heavy atom. The highest BCUT2D eigenvalue weighted by molar-refractivity contribution is 7.10. The molecule has 2 N–H and O–H groups in total. The SMILES string of the molecule is CC1[C@@H](C)Cc2c(ccc(-c3csc(C4(F)CNC4)n3)c2OC2CCC2)N1C(=O)O. The molecule has 0 radical (unpaired) electrons. The molecule has 1 aromatic carbocycles. The van der Waals surface area contributed by atoms with Gasteiger partial charge in [-0.05, 0) is 50.7 Å². The molecule has 0 spiro atoms. The monoisotopic (exact) mass is 431 g/mol. The third kappa shape index (κ3) is 3.08. The van der Waals surface area contributed by atoms with E-state index < -0.39 is 11.8 Å². The van der Waals surface area contributed by atoms with E-state index in [4.69, 9.17) is 4.74 Å². The minimum absolute atomic E-state index is 0.110. The molecule has 5 rings (SSSR count). The molecule has 0 bridgehead atoms. The molecule has 1 aromatic heterocycles. The van der Waals surface area contributed by atoms with Crippen LogP contribution in [0.1, 0.15) is 43.7 Å². The number of hydrogen-bond acceptors (Lipinski definition) is 5. The van der Waals surface area contributed by atoms with Crippen LogP contribution in [0.15, 0.2) is 17.5 Å². The second-order valence-electron chi connectivity index (χ2n) is 8.79. The molecule has 1 aliphatic carbocycles. The molecule has 160 valence electrons. The standard InChI is InChI=1S/C22H26FN3O3S/c1-12-8-16-18(26(13(12)2)21(27)28)7-6-15(19(16)29-14-4-3-5-14)17-9-30-20(25-17)22(23)10-24-11-22/h6-7,9,12-14,24H,3-5,8,10-11H2,1-2H3,(H,27,28)/t12-,13?/m0/s1. The quantitative estimate of drug-likeness (QED) is 0.742. The fourth-order valence-corrected chi connectivity index (χ4v) is 5.28. The molecule has 3 heterocycles. The number of benzene rings is 1. The van der Waals surface area contributed by atoms with Crippen LogP contribution < -0.4 is 15.0 Å². The maximum Gasteiger partial charge on any atom is 0.412 e. The van der Waals surface area contributed by atoms with Gasteiger partial charge in [0, 0.05) is 35.6 Å². The molecule has 1 saturated carbocycles. The molecule has 2 atom stereocenters. The zero-order chi connectivity index (χ0) is 21.0. The number of carboxylic acid groups (broad SMARTS) is 1. The van der Waals surface area contributed by atoms with E-state index in [0.29, 0.717) is 29.5 Å². The lowest BCUT2D eigenvalue weighted by Gasteiger charge is -2.39. The van der Waals surface area contributed by atoms with Gasteiger partial charge < -0.3 is 15.2 Å². The molecule has 2 aliphatic heterocycles. The van der Waals surface area contributed by atoms with Crippen molar-refractivity contribution in [2.45, 2.75) is 57.3 Å². The summed E-state index contributed by atoms with van der Waals surface area (Å²) in [5, 5.41) is 15.2. The maximum atomic E-state index is 14.8. The minimum atomic E-state index is -1.39. The number of anilines is 1. The number of carbonyl (C=O) groups is 1. The molecule has 30 heavy (non-hydrogen) atoms. The molecule has 3 aliphatic rings. The van der Waals surface area contributed by atoms with Crippen molar-refractivity contribution in [3.8, 4) is 17.0 Å². The smallest absolute Gasteiger partial charge is 0.412 e. The fourth-order valence-electron chi connectivity index (χ4n) is 4.37. The Morgan fingerprint density at radius 3 is 2.73 bits per heavy atom. The zero-order valence-corrected chi connectivity index (χ0v) is 18.0. The molecule has 2 fully saturated rings. The molecule has 2 aromatic rings. The van der Waals surface area contributed by atoms with E-state index in [9.17, 15) is 14.3 Å². The number of thiazole rings is 1. The van der Waals surface area contributed by atoms with Gasteiger partial charge in [-0.1, -0.05) is 6.92 Å². The number of nitrogens with one attached hydrogen (secondary N) is 1. The van der Waals surface area contributed by atoms with Gasteiger partial charge in [0.15, 0.2) is 5.67 Å². The van der Waals surface area contributed by atoms with E-state index in [1.165, 1.54) is 16.2 Å². The molecule has 1 amide bonds. The van der Waals surface area contributed by atoms with E-state index in [1.54, 1.807) is 0 Å². The lowest BCUT2D eigenvalue weighted by Crippen LogP contribution is -2.53. The molecule has 1 saturated heterocycles. The first-order valence-corrected chi connectivity index (χ1v) is 11.5. The highest BCUT2D eigenvalue weighted by Gasteiger charge is 2.42. The molecule has 8 heteroatoms. The van der Waals surface area contributed by atoms with Crippen molar-refractivity contribution in [3.05, 3.63) is 28.1 Å². The van der Waals surface area contributed by atoms with Crippen LogP contribution in [0.5, 0.6) is 5.75 Å². The van der Waals surface area contributed by atoms with Crippen LogP contribution in [-0.2, 0) is 12.1 Å². The van der Waals surface area contributed by atoms with E-state index in [1.807, 2.05) is 24.4 Å². The highest BCUT2D eigenvalue weighted by Crippen LogP contribution is 2.46. The van der Waals surface area contributed by atoms with Crippen LogP contribution in [0.25, 0.3) is 11.3 Å². The largest absolute Gasteiger partial charge is 0.489 e. The Balaban J connectivity index is 1.61. The summed E-state index contributed by atoms with van der Waals surface area (Å²) in [6.45, 7) is 4.60. The van der Waals surface area contributed by atoms with Gasteiger partial charge in [0.25, 0.3) is 0 Å². The number of halogens is 1. The number of ether oxygens (including phenoxy) is 1. The number of nitrogens with zero attached hydrogens (tertiary/aromatic N) is 2. The summed E-state index contributed by atoms with van der Waals surface area (Å²) < 4.78 is 21.3. The van der Waals surface area contributed by atoms with Crippen LogP contribution in [0.2, 0.25) is 0 Å². The second-order valence-corrected chi connectivity index (χ2v) is 9.65. The molecular weight excluding hydrogens is 405 g/mol. The average molecular weight is 432 g/mol. The van der Waals surface area contributed by atoms with Crippen LogP contribution in [0.3, 0.4) is 0 Å². The number of rotatable bonds is 4. The van der Waals surface area contributed by atoms with Crippen molar-refractivity contribution in [3.63, 3.8) is 0 Å². The van der Waals surface area contributed by atoms with E-state index in [2.05, 4.69) is 17.2 Å². The third-order valence-corrected chi connectivity index (χ3v) is 7.79. The van der Waals surface area contributed by atoms with Gasteiger partial charge in [-0.3, -0.25) is 4.90 Å². The Morgan fingerprint density at radius 2 is 2.13 bits per heavy atom. The average Bonchev–Trinajstić information content (AvgIpc) is 3.13.